The number of amides is 1. The van der Waals surface area contributed by atoms with Gasteiger partial charge in [-0.25, -0.2) is 4.79 Å². The summed E-state index contributed by atoms with van der Waals surface area (Å²) in [5.41, 5.74) is -1.55. The van der Waals surface area contributed by atoms with E-state index >= 15 is 0 Å². The van der Waals surface area contributed by atoms with Crippen LogP contribution in [0.15, 0.2) is 33.3 Å². The smallest absolute Gasteiger partial charge is 0.502 e. The van der Waals surface area contributed by atoms with Gasteiger partial charge in [0.2, 0.25) is 5.75 Å². The number of phenolic OH excluding ortho intramolecular Hbond substituents is 1. The van der Waals surface area contributed by atoms with Crippen molar-refractivity contribution in [3.63, 3.8) is 0 Å². The molecule has 1 heterocycles. The van der Waals surface area contributed by atoms with Gasteiger partial charge in [-0.3, -0.25) is 20.2 Å². The molecule has 154 valence electrons. The number of nitrogens with one attached hydrogen (secondary N) is 1. The van der Waals surface area contributed by atoms with Crippen molar-refractivity contribution in [2.45, 2.75) is 6.36 Å². The first-order chi connectivity index (χ1) is 13.5. The summed E-state index contributed by atoms with van der Waals surface area (Å²) in [5.74, 6) is -3.38. The molecule has 29 heavy (non-hydrogen) atoms. The zero-order chi connectivity index (χ0) is 21.8. The molecule has 0 spiro atoms. The maximum atomic E-state index is 12.4. The molecule has 1 aliphatic heterocycles. The summed E-state index contributed by atoms with van der Waals surface area (Å²) in [4.78, 5) is 32.5. The zero-order valence-electron chi connectivity index (χ0n) is 14.1. The number of hydrogen-bond acceptors (Lipinski definition) is 10. The number of thioether (sulfide) groups is 1. The normalized spacial score (nSPS) is 17.0. The Bertz CT molecular complexity index is 959. The number of nitro benzene ring substituents is 1. The van der Waals surface area contributed by atoms with Gasteiger partial charge in [0.25, 0.3) is 5.91 Å². The summed E-state index contributed by atoms with van der Waals surface area (Å²) in [7, 11) is 1.11. The summed E-state index contributed by atoms with van der Waals surface area (Å²) in [5, 5.41) is 29.9. The second-order valence-electron chi connectivity index (χ2n) is 4.92. The molecule has 0 radical (unpaired) electrons. The first-order valence-electron chi connectivity index (χ1n) is 7.17. The van der Waals surface area contributed by atoms with Gasteiger partial charge in [0.15, 0.2) is 5.17 Å². The van der Waals surface area contributed by atoms with Crippen LogP contribution in [0.5, 0.6) is 11.5 Å². The number of rotatable bonds is 5. The molecular formula is C14H9F3N4O7S. The lowest BCUT2D eigenvalue weighted by atomic mass is 10.1. The van der Waals surface area contributed by atoms with Crippen molar-refractivity contribution in [1.82, 2.24) is 5.32 Å². The molecule has 0 aliphatic carbocycles. The fourth-order valence-electron chi connectivity index (χ4n) is 1.83. The molecule has 1 aromatic rings. The molecule has 0 bridgehead atoms. The van der Waals surface area contributed by atoms with E-state index in [2.05, 4.69) is 25.0 Å². The van der Waals surface area contributed by atoms with Crippen LogP contribution >= 0.6 is 11.8 Å². The molecule has 1 saturated heterocycles. The van der Waals surface area contributed by atoms with Gasteiger partial charge in [0.1, 0.15) is 5.75 Å². The number of ether oxygens (including phenoxy) is 2. The Morgan fingerprint density at radius 3 is 2.69 bits per heavy atom. The van der Waals surface area contributed by atoms with Gasteiger partial charge in [-0.05, 0) is 17.8 Å². The monoisotopic (exact) mass is 434 g/mol. The zero-order valence-corrected chi connectivity index (χ0v) is 14.9. The SMILES string of the molecule is COC(=O)/C=C1/S/C(=N\N=Cc2cc(OC(F)(F)F)cc([N+](=O)[O-])c2O)NC1=O. The lowest BCUT2D eigenvalue weighted by molar-refractivity contribution is -0.386. The first kappa shape index (κ1) is 21.7. The number of carbonyl (C=O) groups excluding carboxylic acids is 2. The van der Waals surface area contributed by atoms with Crippen LogP contribution < -0.4 is 10.1 Å². The molecule has 0 atom stereocenters. The Morgan fingerprint density at radius 2 is 2.10 bits per heavy atom. The summed E-state index contributed by atoms with van der Waals surface area (Å²) in [6.45, 7) is 0. The number of carbonyl (C=O) groups is 2. The van der Waals surface area contributed by atoms with Crippen LogP contribution in [0.2, 0.25) is 0 Å². The van der Waals surface area contributed by atoms with E-state index in [9.17, 15) is 38.0 Å². The van der Waals surface area contributed by atoms with E-state index in [1.807, 2.05) is 0 Å². The summed E-state index contributed by atoms with van der Waals surface area (Å²) >= 11 is 0.713. The summed E-state index contributed by atoms with van der Waals surface area (Å²) < 4.78 is 45.1. The number of amidine groups is 1. The lowest BCUT2D eigenvalue weighted by Gasteiger charge is -2.10. The molecule has 1 fully saturated rings. The molecule has 11 nitrogen and oxygen atoms in total. The van der Waals surface area contributed by atoms with Crippen LogP contribution in [0, 0.1) is 10.1 Å². The van der Waals surface area contributed by atoms with E-state index in [1.54, 1.807) is 0 Å². The van der Waals surface area contributed by atoms with E-state index in [0.29, 0.717) is 30.1 Å². The number of alkyl halides is 3. The predicted octanol–water partition coefficient (Wildman–Crippen LogP) is 1.81. The molecular weight excluding hydrogens is 425 g/mol. The third-order valence-corrected chi connectivity index (χ3v) is 3.87. The number of aromatic hydroxyl groups is 1. The van der Waals surface area contributed by atoms with Gasteiger partial charge in [-0.1, -0.05) is 0 Å². The Hall–Kier alpha value is -3.62. The van der Waals surface area contributed by atoms with E-state index in [-0.39, 0.29) is 10.1 Å². The maximum absolute atomic E-state index is 12.4. The fourth-order valence-corrected chi connectivity index (χ4v) is 2.57. The average molecular weight is 434 g/mol. The Labute approximate surface area is 163 Å². The van der Waals surface area contributed by atoms with Crippen molar-refractivity contribution in [1.29, 1.82) is 0 Å². The number of benzene rings is 1. The van der Waals surface area contributed by atoms with E-state index in [0.717, 1.165) is 13.2 Å². The highest BCUT2D eigenvalue weighted by Gasteiger charge is 2.33. The Balaban J connectivity index is 2.29. The molecule has 1 aliphatic rings. The van der Waals surface area contributed by atoms with Crippen LogP contribution in [-0.4, -0.2) is 46.8 Å². The van der Waals surface area contributed by atoms with Crippen molar-refractivity contribution in [2.75, 3.05) is 7.11 Å². The lowest BCUT2D eigenvalue weighted by Crippen LogP contribution is -2.19. The number of methoxy groups -OCH3 is 1. The fraction of sp³-hybridized carbons (Fsp3) is 0.143. The first-order valence-corrected chi connectivity index (χ1v) is 7.99. The second-order valence-corrected chi connectivity index (χ2v) is 5.95. The quantitative estimate of drug-likeness (QED) is 0.234. The summed E-state index contributed by atoms with van der Waals surface area (Å²) in [6.07, 6.45) is -3.50. The minimum absolute atomic E-state index is 0.0511. The molecule has 2 N–H and O–H groups in total. The number of phenols is 1. The van der Waals surface area contributed by atoms with Gasteiger partial charge in [-0.2, -0.15) is 5.10 Å². The topological polar surface area (TPSA) is 153 Å². The van der Waals surface area contributed by atoms with Crippen LogP contribution in [0.3, 0.4) is 0 Å². The van der Waals surface area contributed by atoms with Gasteiger partial charge in [-0.15, -0.1) is 18.3 Å². The molecule has 0 aromatic heterocycles. The van der Waals surface area contributed by atoms with Crippen molar-refractivity contribution in [3.05, 3.63) is 38.8 Å². The van der Waals surface area contributed by atoms with Gasteiger partial charge in [0.05, 0.1) is 29.2 Å². The van der Waals surface area contributed by atoms with Gasteiger partial charge in [0, 0.05) is 11.6 Å². The standard InChI is InChI=1S/C14H9F3N4O7S/c1-27-10(22)4-9-12(24)19-13(29-9)20-18-5-6-2-7(28-14(15,16)17)3-8(11(6)23)21(25)26/h2-5,23H,1H3,(H,19,20,24)/b9-4+,18-5?. The third kappa shape index (κ3) is 5.93. The number of nitrogens with zero attached hydrogens (tertiary/aromatic N) is 3. The second kappa shape index (κ2) is 8.59. The molecule has 0 unspecified atom stereocenters. The van der Waals surface area contributed by atoms with Crippen molar-refractivity contribution >= 4 is 40.7 Å². The highest BCUT2D eigenvalue weighted by molar-refractivity contribution is 8.18. The summed E-state index contributed by atoms with van der Waals surface area (Å²) in [6, 6.07) is 1.05. The van der Waals surface area contributed by atoms with Crippen molar-refractivity contribution in [3.8, 4) is 11.5 Å². The largest absolute Gasteiger partial charge is 0.573 e. The number of halogens is 3. The molecule has 0 saturated carbocycles. The van der Waals surface area contributed by atoms with Gasteiger partial charge >= 0.3 is 18.0 Å². The number of esters is 1. The Morgan fingerprint density at radius 1 is 1.41 bits per heavy atom. The van der Waals surface area contributed by atoms with Crippen LogP contribution in [0.4, 0.5) is 18.9 Å². The van der Waals surface area contributed by atoms with E-state index in [4.69, 9.17) is 0 Å². The molecule has 2 rings (SSSR count). The van der Waals surface area contributed by atoms with Gasteiger partial charge < -0.3 is 14.6 Å². The third-order valence-electron chi connectivity index (χ3n) is 2.97. The molecule has 1 amide bonds. The average Bonchev–Trinajstić information content (AvgIpc) is 2.95. The van der Waals surface area contributed by atoms with Crippen molar-refractivity contribution < 1.29 is 42.3 Å². The number of hydrogen-bond donors (Lipinski definition) is 2. The highest BCUT2D eigenvalue weighted by Crippen LogP contribution is 2.35. The van der Waals surface area contributed by atoms with Crippen LogP contribution in [0.25, 0.3) is 0 Å². The van der Waals surface area contributed by atoms with Crippen LogP contribution in [-0.2, 0) is 14.3 Å². The predicted molar refractivity (Wildman–Crippen MR) is 92.3 cm³/mol. The highest BCUT2D eigenvalue weighted by atomic mass is 32.2. The van der Waals surface area contributed by atoms with Crippen LogP contribution in [0.1, 0.15) is 5.56 Å². The number of nitro groups is 1. The van der Waals surface area contributed by atoms with Crippen molar-refractivity contribution in [2.24, 2.45) is 10.2 Å². The molecule has 1 aromatic carbocycles. The van der Waals surface area contributed by atoms with E-state index < -0.39 is 45.9 Å². The minimum atomic E-state index is -5.12. The molecule has 15 heteroatoms. The maximum Gasteiger partial charge on any atom is 0.573 e. The van der Waals surface area contributed by atoms with E-state index in [1.165, 1.54) is 0 Å². The Kier molecular flexibility index (Phi) is 6.42. The minimum Gasteiger partial charge on any atom is -0.502 e.